The maximum Gasteiger partial charge on any atom is 0.324 e. The van der Waals surface area contributed by atoms with Gasteiger partial charge in [0, 0.05) is 12.6 Å². The van der Waals surface area contributed by atoms with E-state index in [-0.39, 0.29) is 24.0 Å². The van der Waals surface area contributed by atoms with Crippen molar-refractivity contribution in [2.24, 2.45) is 5.41 Å². The predicted octanol–water partition coefficient (Wildman–Crippen LogP) is 0.886. The molecule has 3 unspecified atom stereocenters. The molecule has 3 rings (SSSR count). The molecule has 1 aliphatic carbocycles. The summed E-state index contributed by atoms with van der Waals surface area (Å²) in [6.45, 7) is 3.11. The van der Waals surface area contributed by atoms with Crippen molar-refractivity contribution in [2.75, 3.05) is 13.2 Å². The fourth-order valence-corrected chi connectivity index (χ4v) is 3.30. The lowest BCUT2D eigenvalue weighted by atomic mass is 9.81. The average molecular weight is 238 g/mol. The fourth-order valence-electron chi connectivity index (χ4n) is 3.30. The van der Waals surface area contributed by atoms with Gasteiger partial charge >= 0.3 is 6.03 Å². The number of urea groups is 1. The monoisotopic (exact) mass is 238 g/mol. The van der Waals surface area contributed by atoms with E-state index < -0.39 is 5.41 Å². The number of imide groups is 1. The molecule has 0 radical (unpaired) electrons. The Morgan fingerprint density at radius 3 is 2.94 bits per heavy atom. The first-order valence-corrected chi connectivity index (χ1v) is 6.35. The Hall–Kier alpha value is -1.10. The zero-order valence-corrected chi connectivity index (χ0v) is 10.1. The third kappa shape index (κ3) is 1.48. The summed E-state index contributed by atoms with van der Waals surface area (Å²) >= 11 is 0. The summed E-state index contributed by atoms with van der Waals surface area (Å²) in [5, 5.41) is 2.99. The van der Waals surface area contributed by atoms with Crippen molar-refractivity contribution in [3.05, 3.63) is 0 Å². The largest absolute Gasteiger partial charge is 0.379 e. The number of carbonyl (C=O) groups is 2. The van der Waals surface area contributed by atoms with Gasteiger partial charge in [0.1, 0.15) is 0 Å². The van der Waals surface area contributed by atoms with Crippen molar-refractivity contribution in [1.29, 1.82) is 0 Å². The standard InChI is InChI=1S/C12H18N2O3/c1-12-5-2-3-9(12)13-11(16)14(10(12)15)8-4-6-17-7-8/h8-9H,2-7H2,1H3,(H,13,16). The van der Waals surface area contributed by atoms with Crippen LogP contribution in [-0.4, -0.2) is 42.1 Å². The summed E-state index contributed by atoms with van der Waals surface area (Å²) < 4.78 is 5.28. The summed E-state index contributed by atoms with van der Waals surface area (Å²) in [7, 11) is 0. The molecule has 2 heterocycles. The SMILES string of the molecule is CC12CCCC1NC(=O)N(C1CCOC1)C2=O. The van der Waals surface area contributed by atoms with E-state index in [1.165, 1.54) is 4.90 Å². The molecule has 5 nitrogen and oxygen atoms in total. The van der Waals surface area contributed by atoms with Crippen LogP contribution >= 0.6 is 0 Å². The summed E-state index contributed by atoms with van der Waals surface area (Å²) in [6, 6.07) is -0.267. The zero-order valence-electron chi connectivity index (χ0n) is 10.1. The van der Waals surface area contributed by atoms with Crippen LogP contribution in [0.4, 0.5) is 4.79 Å². The number of ether oxygens (including phenoxy) is 1. The lowest BCUT2D eigenvalue weighted by Gasteiger charge is -2.42. The van der Waals surface area contributed by atoms with Crippen LogP contribution in [0.25, 0.3) is 0 Å². The number of hydrogen-bond donors (Lipinski definition) is 1. The van der Waals surface area contributed by atoms with Gasteiger partial charge < -0.3 is 10.1 Å². The highest BCUT2D eigenvalue weighted by atomic mass is 16.5. The second kappa shape index (κ2) is 3.70. The Kier molecular flexibility index (Phi) is 2.40. The van der Waals surface area contributed by atoms with Crippen LogP contribution in [0.2, 0.25) is 0 Å². The van der Waals surface area contributed by atoms with Crippen LogP contribution in [0.3, 0.4) is 0 Å². The molecule has 1 saturated carbocycles. The molecule has 0 aromatic rings. The quantitative estimate of drug-likeness (QED) is 0.738. The van der Waals surface area contributed by atoms with Crippen LogP contribution < -0.4 is 5.32 Å². The van der Waals surface area contributed by atoms with Gasteiger partial charge in [-0.1, -0.05) is 6.42 Å². The molecule has 1 N–H and O–H groups in total. The average Bonchev–Trinajstić information content (AvgIpc) is 2.90. The Labute approximate surface area is 100 Å². The van der Waals surface area contributed by atoms with Crippen molar-refractivity contribution in [3.63, 3.8) is 0 Å². The topological polar surface area (TPSA) is 58.6 Å². The number of rotatable bonds is 1. The van der Waals surface area contributed by atoms with Gasteiger partial charge in [-0.05, 0) is 26.2 Å². The van der Waals surface area contributed by atoms with Gasteiger partial charge in [-0.25, -0.2) is 4.79 Å². The molecule has 17 heavy (non-hydrogen) atoms. The molecule has 3 amide bonds. The molecule has 2 saturated heterocycles. The van der Waals surface area contributed by atoms with E-state index in [9.17, 15) is 9.59 Å². The molecule has 2 aliphatic heterocycles. The van der Waals surface area contributed by atoms with Crippen molar-refractivity contribution < 1.29 is 14.3 Å². The Morgan fingerprint density at radius 1 is 1.41 bits per heavy atom. The number of fused-ring (bicyclic) bond motifs is 1. The van der Waals surface area contributed by atoms with Crippen LogP contribution in [0, 0.1) is 5.41 Å². The molecule has 3 fully saturated rings. The van der Waals surface area contributed by atoms with Gasteiger partial charge in [-0.3, -0.25) is 9.69 Å². The van der Waals surface area contributed by atoms with Gasteiger partial charge in [-0.15, -0.1) is 0 Å². The summed E-state index contributed by atoms with van der Waals surface area (Å²) in [5.41, 5.74) is -0.392. The lowest BCUT2D eigenvalue weighted by Crippen LogP contribution is -2.65. The molecule has 0 bridgehead atoms. The second-order valence-electron chi connectivity index (χ2n) is 5.50. The summed E-state index contributed by atoms with van der Waals surface area (Å²) in [4.78, 5) is 26.0. The summed E-state index contributed by atoms with van der Waals surface area (Å²) in [5.74, 6) is -0.000694. The normalized spacial score (nSPS) is 41.6. The minimum atomic E-state index is -0.392. The Morgan fingerprint density at radius 2 is 2.24 bits per heavy atom. The number of carbonyl (C=O) groups excluding carboxylic acids is 2. The van der Waals surface area contributed by atoms with Crippen LogP contribution in [0.15, 0.2) is 0 Å². The molecule has 3 aliphatic rings. The highest BCUT2D eigenvalue weighted by Crippen LogP contribution is 2.42. The molecule has 0 aromatic carbocycles. The first-order valence-electron chi connectivity index (χ1n) is 6.35. The number of amides is 3. The van der Waals surface area contributed by atoms with Crippen molar-refractivity contribution in [3.8, 4) is 0 Å². The molecule has 3 atom stereocenters. The van der Waals surface area contributed by atoms with E-state index >= 15 is 0 Å². The van der Waals surface area contributed by atoms with E-state index in [2.05, 4.69) is 5.32 Å². The highest BCUT2D eigenvalue weighted by Gasteiger charge is 2.54. The van der Waals surface area contributed by atoms with Gasteiger partial charge in [0.2, 0.25) is 5.91 Å². The van der Waals surface area contributed by atoms with Crippen molar-refractivity contribution in [1.82, 2.24) is 10.2 Å². The number of hydrogen-bond acceptors (Lipinski definition) is 3. The van der Waals surface area contributed by atoms with E-state index in [0.29, 0.717) is 13.2 Å². The molecule has 94 valence electrons. The maximum atomic E-state index is 12.5. The minimum absolute atomic E-state index is 0.000694. The molecule has 5 heteroatoms. The number of nitrogens with one attached hydrogen (secondary N) is 1. The van der Waals surface area contributed by atoms with Gasteiger partial charge in [0.05, 0.1) is 18.1 Å². The van der Waals surface area contributed by atoms with Crippen LogP contribution in [-0.2, 0) is 9.53 Å². The van der Waals surface area contributed by atoms with E-state index in [1.54, 1.807) is 0 Å². The first-order chi connectivity index (χ1) is 8.13. The van der Waals surface area contributed by atoms with Gasteiger partial charge in [0.25, 0.3) is 0 Å². The molecular formula is C12H18N2O3. The van der Waals surface area contributed by atoms with Crippen molar-refractivity contribution >= 4 is 11.9 Å². The van der Waals surface area contributed by atoms with Crippen molar-refractivity contribution in [2.45, 2.75) is 44.7 Å². The van der Waals surface area contributed by atoms with E-state index in [1.807, 2.05) is 6.92 Å². The third-order valence-electron chi connectivity index (χ3n) is 4.45. The Bertz CT molecular complexity index is 365. The van der Waals surface area contributed by atoms with Gasteiger partial charge in [0.15, 0.2) is 0 Å². The van der Waals surface area contributed by atoms with E-state index in [0.717, 1.165) is 25.7 Å². The predicted molar refractivity (Wildman–Crippen MR) is 60.3 cm³/mol. The highest BCUT2D eigenvalue weighted by molar-refractivity contribution is 6.01. The molecule has 0 spiro atoms. The Balaban J connectivity index is 1.88. The van der Waals surface area contributed by atoms with Crippen LogP contribution in [0.1, 0.15) is 32.6 Å². The molecular weight excluding hydrogens is 220 g/mol. The van der Waals surface area contributed by atoms with E-state index in [4.69, 9.17) is 4.74 Å². The van der Waals surface area contributed by atoms with Gasteiger partial charge in [-0.2, -0.15) is 0 Å². The molecule has 0 aromatic heterocycles. The minimum Gasteiger partial charge on any atom is -0.379 e. The fraction of sp³-hybridized carbons (Fsp3) is 0.833. The first kappa shape index (κ1) is 11.0. The second-order valence-corrected chi connectivity index (χ2v) is 5.50. The number of nitrogens with zero attached hydrogens (tertiary/aromatic N) is 1. The third-order valence-corrected chi connectivity index (χ3v) is 4.45. The lowest BCUT2D eigenvalue weighted by molar-refractivity contribution is -0.143. The van der Waals surface area contributed by atoms with Crippen LogP contribution in [0.5, 0.6) is 0 Å². The maximum absolute atomic E-state index is 12.5. The smallest absolute Gasteiger partial charge is 0.324 e. The summed E-state index contributed by atoms with van der Waals surface area (Å²) in [6.07, 6.45) is 3.58. The zero-order chi connectivity index (χ0) is 12.0.